The SMILES string of the molecule is CC(C)NCc1ccncc1Oc1ccc2c(c1)OCO2. The highest BCUT2D eigenvalue weighted by atomic mass is 16.7. The maximum Gasteiger partial charge on any atom is 0.231 e. The Hall–Kier alpha value is -2.27. The topological polar surface area (TPSA) is 52.6 Å². The summed E-state index contributed by atoms with van der Waals surface area (Å²) in [4.78, 5) is 4.13. The summed E-state index contributed by atoms with van der Waals surface area (Å²) in [6.45, 7) is 5.22. The molecule has 2 aromatic rings. The average Bonchev–Trinajstić information content (AvgIpc) is 2.94. The van der Waals surface area contributed by atoms with Crippen LogP contribution in [0.3, 0.4) is 0 Å². The molecular weight excluding hydrogens is 268 g/mol. The van der Waals surface area contributed by atoms with Crippen LogP contribution in [0.1, 0.15) is 19.4 Å². The second-order valence-electron chi connectivity index (χ2n) is 5.14. The first-order valence-electron chi connectivity index (χ1n) is 6.96. The molecule has 0 saturated heterocycles. The Bertz CT molecular complexity index is 629. The molecule has 1 aliphatic heterocycles. The van der Waals surface area contributed by atoms with E-state index in [-0.39, 0.29) is 6.79 Å². The van der Waals surface area contributed by atoms with Crippen molar-refractivity contribution in [2.45, 2.75) is 26.4 Å². The first-order valence-corrected chi connectivity index (χ1v) is 6.96. The zero-order valence-electron chi connectivity index (χ0n) is 12.1. The molecule has 0 unspecified atom stereocenters. The van der Waals surface area contributed by atoms with Gasteiger partial charge in [-0.15, -0.1) is 0 Å². The summed E-state index contributed by atoms with van der Waals surface area (Å²) >= 11 is 0. The summed E-state index contributed by atoms with van der Waals surface area (Å²) in [7, 11) is 0. The van der Waals surface area contributed by atoms with Crippen molar-refractivity contribution in [2.24, 2.45) is 0 Å². The van der Waals surface area contributed by atoms with Crippen LogP contribution in [0.25, 0.3) is 0 Å². The van der Waals surface area contributed by atoms with Gasteiger partial charge in [-0.1, -0.05) is 13.8 Å². The fourth-order valence-corrected chi connectivity index (χ4v) is 2.03. The normalized spacial score (nSPS) is 12.7. The van der Waals surface area contributed by atoms with E-state index in [1.54, 1.807) is 12.4 Å². The number of ether oxygens (including phenoxy) is 3. The van der Waals surface area contributed by atoms with E-state index in [2.05, 4.69) is 24.1 Å². The van der Waals surface area contributed by atoms with E-state index in [1.807, 2.05) is 24.3 Å². The van der Waals surface area contributed by atoms with E-state index in [4.69, 9.17) is 14.2 Å². The van der Waals surface area contributed by atoms with Gasteiger partial charge in [-0.25, -0.2) is 0 Å². The zero-order chi connectivity index (χ0) is 14.7. The number of pyridine rings is 1. The third-order valence-corrected chi connectivity index (χ3v) is 3.14. The van der Waals surface area contributed by atoms with E-state index < -0.39 is 0 Å². The zero-order valence-corrected chi connectivity index (χ0v) is 12.1. The molecule has 1 aliphatic rings. The lowest BCUT2D eigenvalue weighted by Gasteiger charge is -2.13. The van der Waals surface area contributed by atoms with Crippen molar-refractivity contribution in [2.75, 3.05) is 6.79 Å². The average molecular weight is 286 g/mol. The van der Waals surface area contributed by atoms with Crippen molar-refractivity contribution in [3.63, 3.8) is 0 Å². The lowest BCUT2D eigenvalue weighted by Crippen LogP contribution is -2.22. The van der Waals surface area contributed by atoms with Gasteiger partial charge in [0, 0.05) is 30.4 Å². The van der Waals surface area contributed by atoms with Crippen molar-refractivity contribution in [1.29, 1.82) is 0 Å². The highest BCUT2D eigenvalue weighted by Crippen LogP contribution is 2.36. The third kappa shape index (κ3) is 3.25. The molecule has 0 bridgehead atoms. The molecule has 5 heteroatoms. The minimum atomic E-state index is 0.259. The van der Waals surface area contributed by atoms with Gasteiger partial charge in [-0.2, -0.15) is 0 Å². The number of nitrogens with zero attached hydrogens (tertiary/aromatic N) is 1. The Morgan fingerprint density at radius 3 is 2.95 bits per heavy atom. The van der Waals surface area contributed by atoms with Crippen molar-refractivity contribution >= 4 is 0 Å². The predicted octanol–water partition coefficient (Wildman–Crippen LogP) is 3.10. The molecule has 3 rings (SSSR count). The smallest absolute Gasteiger partial charge is 0.231 e. The van der Waals surface area contributed by atoms with Crippen LogP contribution in [-0.4, -0.2) is 17.8 Å². The van der Waals surface area contributed by atoms with Gasteiger partial charge in [-0.05, 0) is 18.2 Å². The third-order valence-electron chi connectivity index (χ3n) is 3.14. The number of hydrogen-bond acceptors (Lipinski definition) is 5. The Kier molecular flexibility index (Phi) is 3.92. The van der Waals surface area contributed by atoms with Gasteiger partial charge in [0.05, 0.1) is 6.20 Å². The Labute approximate surface area is 123 Å². The summed E-state index contributed by atoms with van der Waals surface area (Å²) in [6, 6.07) is 7.91. The molecule has 0 radical (unpaired) electrons. The number of nitrogens with one attached hydrogen (secondary N) is 1. The van der Waals surface area contributed by atoms with Crippen LogP contribution in [0.4, 0.5) is 0 Å². The van der Waals surface area contributed by atoms with Crippen LogP contribution >= 0.6 is 0 Å². The molecule has 2 heterocycles. The van der Waals surface area contributed by atoms with Crippen molar-refractivity contribution < 1.29 is 14.2 Å². The second kappa shape index (κ2) is 6.01. The summed E-state index contributed by atoms with van der Waals surface area (Å²) in [5.41, 5.74) is 1.07. The van der Waals surface area contributed by atoms with Crippen molar-refractivity contribution in [3.8, 4) is 23.0 Å². The lowest BCUT2D eigenvalue weighted by atomic mass is 10.2. The summed E-state index contributed by atoms with van der Waals surface area (Å²) in [5, 5.41) is 3.38. The number of fused-ring (bicyclic) bond motifs is 1. The van der Waals surface area contributed by atoms with Crippen LogP contribution in [-0.2, 0) is 6.54 Å². The number of rotatable bonds is 5. The molecule has 1 aromatic carbocycles. The monoisotopic (exact) mass is 286 g/mol. The highest BCUT2D eigenvalue weighted by Gasteiger charge is 2.14. The number of aromatic nitrogens is 1. The molecule has 1 N–H and O–H groups in total. The summed E-state index contributed by atoms with van der Waals surface area (Å²) in [5.74, 6) is 2.90. The molecule has 0 saturated carbocycles. The fourth-order valence-electron chi connectivity index (χ4n) is 2.03. The summed E-state index contributed by atoms with van der Waals surface area (Å²) in [6.07, 6.45) is 3.49. The second-order valence-corrected chi connectivity index (χ2v) is 5.14. The maximum absolute atomic E-state index is 5.93. The van der Waals surface area contributed by atoms with Crippen molar-refractivity contribution in [3.05, 3.63) is 42.2 Å². The van der Waals surface area contributed by atoms with Gasteiger partial charge < -0.3 is 19.5 Å². The molecule has 110 valence electrons. The molecular formula is C16H18N2O3. The molecule has 0 aliphatic carbocycles. The number of hydrogen-bond donors (Lipinski definition) is 1. The molecule has 21 heavy (non-hydrogen) atoms. The Morgan fingerprint density at radius 1 is 1.24 bits per heavy atom. The van der Waals surface area contributed by atoms with Gasteiger partial charge in [-0.3, -0.25) is 4.98 Å². The molecule has 0 spiro atoms. The van der Waals surface area contributed by atoms with Gasteiger partial charge in [0.1, 0.15) is 11.5 Å². The molecule has 1 aromatic heterocycles. The minimum absolute atomic E-state index is 0.259. The van der Waals surface area contributed by atoms with Crippen LogP contribution < -0.4 is 19.5 Å². The molecule has 0 atom stereocenters. The largest absolute Gasteiger partial charge is 0.455 e. The minimum Gasteiger partial charge on any atom is -0.455 e. The van der Waals surface area contributed by atoms with Gasteiger partial charge >= 0.3 is 0 Å². The van der Waals surface area contributed by atoms with Crippen LogP contribution in [0.2, 0.25) is 0 Å². The first-order chi connectivity index (χ1) is 10.2. The van der Waals surface area contributed by atoms with E-state index in [1.165, 1.54) is 0 Å². The van der Waals surface area contributed by atoms with E-state index in [0.717, 1.165) is 23.6 Å². The lowest BCUT2D eigenvalue weighted by molar-refractivity contribution is 0.174. The predicted molar refractivity (Wildman–Crippen MR) is 78.9 cm³/mol. The molecule has 0 amide bonds. The molecule has 0 fully saturated rings. The molecule has 5 nitrogen and oxygen atoms in total. The van der Waals surface area contributed by atoms with Crippen LogP contribution in [0, 0.1) is 0 Å². The Morgan fingerprint density at radius 2 is 2.10 bits per heavy atom. The fraction of sp³-hybridized carbons (Fsp3) is 0.312. The van der Waals surface area contributed by atoms with Crippen molar-refractivity contribution in [1.82, 2.24) is 10.3 Å². The standard InChI is InChI=1S/C16H18N2O3/c1-11(2)18-8-12-5-6-17-9-16(12)21-13-3-4-14-15(7-13)20-10-19-14/h3-7,9,11,18H,8,10H2,1-2H3. The van der Waals surface area contributed by atoms with E-state index in [0.29, 0.717) is 17.5 Å². The van der Waals surface area contributed by atoms with Crippen LogP contribution in [0.5, 0.6) is 23.0 Å². The van der Waals surface area contributed by atoms with Gasteiger partial charge in [0.2, 0.25) is 6.79 Å². The van der Waals surface area contributed by atoms with Gasteiger partial charge in [0.25, 0.3) is 0 Å². The van der Waals surface area contributed by atoms with Crippen LogP contribution in [0.15, 0.2) is 36.7 Å². The quantitative estimate of drug-likeness (QED) is 0.915. The number of benzene rings is 1. The van der Waals surface area contributed by atoms with Gasteiger partial charge in [0.15, 0.2) is 11.5 Å². The van der Waals surface area contributed by atoms with E-state index in [9.17, 15) is 0 Å². The maximum atomic E-state index is 5.93. The highest BCUT2D eigenvalue weighted by molar-refractivity contribution is 5.48. The van der Waals surface area contributed by atoms with E-state index >= 15 is 0 Å². The first kappa shape index (κ1) is 13.7. The summed E-state index contributed by atoms with van der Waals surface area (Å²) < 4.78 is 16.6. The Balaban J connectivity index is 1.78.